The number of nitrogens with one attached hydrogen (secondary N) is 1. The fourth-order valence-corrected chi connectivity index (χ4v) is 7.66. The number of nitrogen functional groups attached to an aromatic ring is 1. The molecule has 2 saturated heterocycles. The van der Waals surface area contributed by atoms with Crippen LogP contribution in [0, 0.1) is 5.92 Å². The number of aromatic nitrogens is 6. The zero-order chi connectivity index (χ0) is 34.2. The monoisotopic (exact) mass is 669 g/mol. The van der Waals surface area contributed by atoms with Crippen molar-refractivity contribution in [3.05, 3.63) is 84.8 Å². The minimum atomic E-state index is -0.457. The summed E-state index contributed by atoms with van der Waals surface area (Å²) in [6, 6.07) is 18.8. The highest BCUT2D eigenvalue weighted by Crippen LogP contribution is 2.36. The molecule has 0 bridgehead atoms. The minimum Gasteiger partial charge on any atom is -0.507 e. The summed E-state index contributed by atoms with van der Waals surface area (Å²) in [6.45, 7) is 3.96. The molecule has 6 aromatic rings. The van der Waals surface area contributed by atoms with Crippen molar-refractivity contribution in [1.29, 1.82) is 0 Å². The minimum absolute atomic E-state index is 0.143. The maximum Gasteiger partial charge on any atom is 0.249 e. The number of carbonyl (C=O) groups excluding carboxylic acids is 2. The second kappa shape index (κ2) is 13.4. The Hall–Kier alpha value is -5.62. The standard InChI is InChI=1S/C38H39N9O3/c39-36-29(20-30(43-44-36)27-8-1-2-11-33(27)48)26-21-41-46(23-26)22-24-14-18-45(19-15-24)17-5-7-25-6-3-10-31-35(25)28-9-4-16-40-37(28)47(31)32-12-13-34(49)42-38(32)50/h1-4,6,8-11,16,20-21,23-24,32,48H,5,7,12-15,17-19,22H2,(H2,39,44)(H,42,49,50). The molecular formula is C38H39N9O3. The molecule has 8 rings (SSSR count). The number of likely N-dealkylation sites (tertiary alicyclic amines) is 1. The highest BCUT2D eigenvalue weighted by atomic mass is 16.3. The third kappa shape index (κ3) is 6.07. The lowest BCUT2D eigenvalue weighted by atomic mass is 9.96. The normalized spacial score (nSPS) is 17.5. The highest BCUT2D eigenvalue weighted by molar-refractivity contribution is 6.10. The molecular weight excluding hydrogens is 630 g/mol. The second-order valence-electron chi connectivity index (χ2n) is 13.4. The molecule has 1 atom stereocenters. The molecule has 0 spiro atoms. The Balaban J connectivity index is 0.890. The van der Waals surface area contributed by atoms with Crippen LogP contribution in [-0.4, -0.2) is 71.0 Å². The van der Waals surface area contributed by atoms with E-state index in [4.69, 9.17) is 5.73 Å². The van der Waals surface area contributed by atoms with Crippen molar-refractivity contribution in [3.63, 3.8) is 0 Å². The Labute approximate surface area is 288 Å². The summed E-state index contributed by atoms with van der Waals surface area (Å²) in [4.78, 5) is 32.0. The molecule has 12 nitrogen and oxygen atoms in total. The van der Waals surface area contributed by atoms with E-state index in [9.17, 15) is 14.7 Å². The van der Waals surface area contributed by atoms with E-state index >= 15 is 0 Å². The Morgan fingerprint density at radius 1 is 0.960 bits per heavy atom. The number of phenols is 1. The number of hydrogen-bond donors (Lipinski definition) is 3. The van der Waals surface area contributed by atoms with Gasteiger partial charge in [-0.05, 0) is 99.6 Å². The maximum atomic E-state index is 12.9. The van der Waals surface area contributed by atoms with Crippen LogP contribution in [0.2, 0.25) is 0 Å². The second-order valence-corrected chi connectivity index (χ2v) is 13.4. The third-order valence-electron chi connectivity index (χ3n) is 10.2. The Morgan fingerprint density at radius 2 is 1.82 bits per heavy atom. The third-order valence-corrected chi connectivity index (χ3v) is 10.2. The number of fused-ring (bicyclic) bond motifs is 3. The lowest BCUT2D eigenvalue weighted by Crippen LogP contribution is -2.41. The topological polar surface area (TPSA) is 157 Å². The number of nitrogens with zero attached hydrogens (tertiary/aromatic N) is 7. The van der Waals surface area contributed by atoms with E-state index in [-0.39, 0.29) is 17.6 Å². The lowest BCUT2D eigenvalue weighted by molar-refractivity contribution is -0.135. The number of benzene rings is 2. The first-order valence-corrected chi connectivity index (χ1v) is 17.3. The summed E-state index contributed by atoms with van der Waals surface area (Å²) < 4.78 is 4.02. The summed E-state index contributed by atoms with van der Waals surface area (Å²) in [5, 5.41) is 28.0. The molecule has 2 aromatic carbocycles. The van der Waals surface area contributed by atoms with E-state index in [1.54, 1.807) is 24.4 Å². The molecule has 2 amide bonds. The van der Waals surface area contributed by atoms with Gasteiger partial charge >= 0.3 is 0 Å². The van der Waals surface area contributed by atoms with Crippen molar-refractivity contribution in [3.8, 4) is 28.1 Å². The number of rotatable bonds is 9. The summed E-state index contributed by atoms with van der Waals surface area (Å²) in [6.07, 6.45) is 10.6. The van der Waals surface area contributed by atoms with Crippen LogP contribution in [0.15, 0.2) is 79.3 Å². The van der Waals surface area contributed by atoms with Gasteiger partial charge in [-0.1, -0.05) is 24.3 Å². The first-order chi connectivity index (χ1) is 24.4. The number of phenolic OH excluding ortho intramolecular Hbond substituents is 1. The van der Waals surface area contributed by atoms with Crippen LogP contribution in [0.1, 0.15) is 43.7 Å². The zero-order valence-corrected chi connectivity index (χ0v) is 27.7. The molecule has 6 heterocycles. The number of aromatic hydroxyl groups is 1. The van der Waals surface area contributed by atoms with Crippen LogP contribution in [0.25, 0.3) is 44.3 Å². The molecule has 1 unspecified atom stereocenters. The molecule has 254 valence electrons. The van der Waals surface area contributed by atoms with Gasteiger partial charge < -0.3 is 20.3 Å². The largest absolute Gasteiger partial charge is 0.507 e. The molecule has 0 saturated carbocycles. The zero-order valence-electron chi connectivity index (χ0n) is 27.7. The predicted molar refractivity (Wildman–Crippen MR) is 191 cm³/mol. The molecule has 4 aromatic heterocycles. The molecule has 0 radical (unpaired) electrons. The predicted octanol–water partition coefficient (Wildman–Crippen LogP) is 5.12. The molecule has 12 heteroatoms. The Bertz CT molecular complexity index is 2220. The van der Waals surface area contributed by atoms with Crippen LogP contribution in [0.5, 0.6) is 5.75 Å². The number of para-hydroxylation sites is 1. The van der Waals surface area contributed by atoms with Gasteiger partial charge in [0.2, 0.25) is 11.8 Å². The van der Waals surface area contributed by atoms with Gasteiger partial charge in [0.15, 0.2) is 5.82 Å². The number of amides is 2. The van der Waals surface area contributed by atoms with Crippen LogP contribution in [-0.2, 0) is 22.6 Å². The van der Waals surface area contributed by atoms with Gasteiger partial charge in [0.25, 0.3) is 0 Å². The highest BCUT2D eigenvalue weighted by Gasteiger charge is 2.31. The maximum absolute atomic E-state index is 12.9. The first kappa shape index (κ1) is 31.6. The summed E-state index contributed by atoms with van der Waals surface area (Å²) in [7, 11) is 0. The van der Waals surface area contributed by atoms with Gasteiger partial charge in [-0.3, -0.25) is 19.6 Å². The van der Waals surface area contributed by atoms with E-state index in [1.165, 1.54) is 5.56 Å². The van der Waals surface area contributed by atoms with Crippen molar-refractivity contribution in [2.24, 2.45) is 5.92 Å². The van der Waals surface area contributed by atoms with Gasteiger partial charge in [-0.2, -0.15) is 5.10 Å². The smallest absolute Gasteiger partial charge is 0.249 e. The number of carbonyl (C=O) groups is 2. The lowest BCUT2D eigenvalue weighted by Gasteiger charge is -2.31. The fraction of sp³-hybridized carbons (Fsp3) is 0.316. The van der Waals surface area contributed by atoms with E-state index in [0.29, 0.717) is 35.8 Å². The van der Waals surface area contributed by atoms with Crippen molar-refractivity contribution in [2.45, 2.75) is 51.1 Å². The van der Waals surface area contributed by atoms with Gasteiger partial charge in [0, 0.05) is 52.8 Å². The van der Waals surface area contributed by atoms with E-state index in [2.05, 4.69) is 54.8 Å². The van der Waals surface area contributed by atoms with Crippen molar-refractivity contribution in [1.82, 2.24) is 39.7 Å². The van der Waals surface area contributed by atoms with Crippen LogP contribution in [0.4, 0.5) is 5.82 Å². The van der Waals surface area contributed by atoms with E-state index in [0.717, 1.165) is 84.9 Å². The van der Waals surface area contributed by atoms with E-state index < -0.39 is 6.04 Å². The molecule has 50 heavy (non-hydrogen) atoms. The first-order valence-electron chi connectivity index (χ1n) is 17.3. The number of piperidine rings is 2. The summed E-state index contributed by atoms with van der Waals surface area (Å²) in [5.74, 6) is 0.520. The fourth-order valence-electron chi connectivity index (χ4n) is 7.66. The number of hydrogen-bond acceptors (Lipinski definition) is 9. The van der Waals surface area contributed by atoms with Crippen LogP contribution in [0.3, 0.4) is 0 Å². The molecule has 0 aliphatic carbocycles. The average molecular weight is 670 g/mol. The quantitative estimate of drug-likeness (QED) is 0.178. The number of anilines is 1. The molecule has 2 aliphatic rings. The number of aryl methyl sites for hydroxylation is 1. The van der Waals surface area contributed by atoms with Gasteiger partial charge in [0.05, 0.1) is 17.4 Å². The van der Waals surface area contributed by atoms with Crippen molar-refractivity contribution in [2.75, 3.05) is 25.4 Å². The van der Waals surface area contributed by atoms with E-state index in [1.807, 2.05) is 39.8 Å². The Morgan fingerprint density at radius 3 is 2.66 bits per heavy atom. The van der Waals surface area contributed by atoms with Crippen molar-refractivity contribution >= 4 is 39.6 Å². The SMILES string of the molecule is Nc1nnc(-c2ccccc2O)cc1-c1cnn(CC2CCN(CCCc3cccc4c3c3cccnc3n4C3CCC(=O)NC3=O)CC2)c1. The molecule has 4 N–H and O–H groups in total. The summed E-state index contributed by atoms with van der Waals surface area (Å²) in [5.41, 5.74) is 12.0. The van der Waals surface area contributed by atoms with Gasteiger partial charge in [-0.15, -0.1) is 10.2 Å². The van der Waals surface area contributed by atoms with Gasteiger partial charge in [-0.25, -0.2) is 4.98 Å². The number of nitrogens with two attached hydrogens (primary N) is 1. The molecule has 2 fully saturated rings. The van der Waals surface area contributed by atoms with Gasteiger partial charge in [0.1, 0.15) is 17.4 Å². The summed E-state index contributed by atoms with van der Waals surface area (Å²) >= 11 is 0. The van der Waals surface area contributed by atoms with Crippen LogP contribution >= 0.6 is 0 Å². The average Bonchev–Trinajstić information content (AvgIpc) is 3.73. The van der Waals surface area contributed by atoms with Crippen molar-refractivity contribution < 1.29 is 14.7 Å². The number of imide groups is 1. The van der Waals surface area contributed by atoms with Crippen LogP contribution < -0.4 is 11.1 Å². The Kier molecular flexibility index (Phi) is 8.45. The molecule has 2 aliphatic heterocycles. The number of pyridine rings is 1.